The number of halogens is 3. The Kier molecular flexibility index (Phi) is 5.41. The molecule has 0 spiro atoms. The number of hydrogen-bond donors (Lipinski definition) is 1. The first-order valence-corrected chi connectivity index (χ1v) is 8.36. The van der Waals surface area contributed by atoms with Crippen molar-refractivity contribution >= 4 is 53.7 Å². The molecule has 0 aliphatic rings. The summed E-state index contributed by atoms with van der Waals surface area (Å²) in [6, 6.07) is 13.4. The molecule has 2 aromatic carbocycles. The Labute approximate surface area is 143 Å². The molecule has 0 saturated carbocycles. The van der Waals surface area contributed by atoms with Crippen LogP contribution in [0.15, 0.2) is 55.9 Å². The average Bonchev–Trinajstić information content (AvgIpc) is 2.39. The summed E-state index contributed by atoms with van der Waals surface area (Å²) in [6.07, 6.45) is 0. The van der Waals surface area contributed by atoms with Gasteiger partial charge in [0, 0.05) is 13.4 Å². The highest BCUT2D eigenvalue weighted by molar-refractivity contribution is 9.11. The molecule has 0 aromatic heterocycles. The van der Waals surface area contributed by atoms with Crippen molar-refractivity contribution in [1.29, 1.82) is 0 Å². The van der Waals surface area contributed by atoms with E-state index >= 15 is 0 Å². The van der Waals surface area contributed by atoms with E-state index in [1.54, 1.807) is 6.07 Å². The highest BCUT2D eigenvalue weighted by atomic mass is 79.9. The smallest absolute Gasteiger partial charge is 0.252 e. The van der Waals surface area contributed by atoms with Crippen molar-refractivity contribution in [3.05, 3.63) is 67.0 Å². The van der Waals surface area contributed by atoms with E-state index in [1.165, 1.54) is 0 Å². The number of benzene rings is 2. The van der Waals surface area contributed by atoms with E-state index in [4.69, 9.17) is 0 Å². The summed E-state index contributed by atoms with van der Waals surface area (Å²) < 4.78 is 2.73. The zero-order chi connectivity index (χ0) is 14.7. The Balaban J connectivity index is 2.13. The lowest BCUT2D eigenvalue weighted by Crippen LogP contribution is -2.26. The SMILES string of the molecule is C[C@H](NC(=O)c1ccc(Br)cc1Br)c1ccc(Br)cc1. The molecule has 0 aliphatic carbocycles. The molecule has 0 aliphatic heterocycles. The first-order valence-electron chi connectivity index (χ1n) is 5.99. The molecule has 20 heavy (non-hydrogen) atoms. The molecule has 1 amide bonds. The zero-order valence-electron chi connectivity index (χ0n) is 10.7. The van der Waals surface area contributed by atoms with Gasteiger partial charge < -0.3 is 5.32 Å². The third kappa shape index (κ3) is 3.93. The molecule has 2 nitrogen and oxygen atoms in total. The molecule has 0 bridgehead atoms. The van der Waals surface area contributed by atoms with E-state index < -0.39 is 0 Å². The molecule has 5 heteroatoms. The van der Waals surface area contributed by atoms with Gasteiger partial charge in [0.2, 0.25) is 0 Å². The summed E-state index contributed by atoms with van der Waals surface area (Å²) in [6.45, 7) is 1.97. The van der Waals surface area contributed by atoms with Gasteiger partial charge in [-0.15, -0.1) is 0 Å². The molecule has 0 saturated heterocycles. The van der Waals surface area contributed by atoms with Gasteiger partial charge in [0.25, 0.3) is 5.91 Å². The average molecular weight is 462 g/mol. The van der Waals surface area contributed by atoms with Crippen LogP contribution in [0.25, 0.3) is 0 Å². The van der Waals surface area contributed by atoms with Crippen LogP contribution < -0.4 is 5.32 Å². The summed E-state index contributed by atoms with van der Waals surface area (Å²) in [5.74, 6) is -0.0974. The first kappa shape index (κ1) is 15.7. The van der Waals surface area contributed by atoms with E-state index in [1.807, 2.05) is 43.3 Å². The van der Waals surface area contributed by atoms with Crippen LogP contribution in [0.2, 0.25) is 0 Å². The lowest BCUT2D eigenvalue weighted by Gasteiger charge is -2.15. The molecular formula is C15H12Br3NO. The van der Waals surface area contributed by atoms with Gasteiger partial charge in [-0.25, -0.2) is 0 Å². The van der Waals surface area contributed by atoms with Crippen LogP contribution in [0.5, 0.6) is 0 Å². The monoisotopic (exact) mass is 459 g/mol. The van der Waals surface area contributed by atoms with Crippen molar-refractivity contribution in [1.82, 2.24) is 5.32 Å². The molecular weight excluding hydrogens is 450 g/mol. The van der Waals surface area contributed by atoms with Gasteiger partial charge in [-0.2, -0.15) is 0 Å². The van der Waals surface area contributed by atoms with Crippen LogP contribution in [-0.4, -0.2) is 5.91 Å². The Morgan fingerprint density at radius 1 is 1.00 bits per heavy atom. The maximum atomic E-state index is 12.3. The summed E-state index contributed by atoms with van der Waals surface area (Å²) in [4.78, 5) is 12.3. The highest BCUT2D eigenvalue weighted by Gasteiger charge is 2.14. The van der Waals surface area contributed by atoms with Crippen LogP contribution in [0, 0.1) is 0 Å². The van der Waals surface area contributed by atoms with E-state index in [-0.39, 0.29) is 11.9 Å². The number of nitrogens with one attached hydrogen (secondary N) is 1. The first-order chi connectivity index (χ1) is 9.47. The largest absolute Gasteiger partial charge is 0.345 e. The minimum Gasteiger partial charge on any atom is -0.345 e. The van der Waals surface area contributed by atoms with Gasteiger partial charge in [0.15, 0.2) is 0 Å². The number of carbonyl (C=O) groups is 1. The fraction of sp³-hybridized carbons (Fsp3) is 0.133. The van der Waals surface area contributed by atoms with Gasteiger partial charge in [0.05, 0.1) is 11.6 Å². The highest BCUT2D eigenvalue weighted by Crippen LogP contribution is 2.23. The number of amides is 1. The van der Waals surface area contributed by atoms with Crippen molar-refractivity contribution in [2.45, 2.75) is 13.0 Å². The Bertz CT molecular complexity index is 626. The Morgan fingerprint density at radius 2 is 1.60 bits per heavy atom. The van der Waals surface area contributed by atoms with E-state index in [9.17, 15) is 4.79 Å². The maximum absolute atomic E-state index is 12.3. The topological polar surface area (TPSA) is 29.1 Å². The quantitative estimate of drug-likeness (QED) is 0.645. The van der Waals surface area contributed by atoms with Crippen molar-refractivity contribution in [2.24, 2.45) is 0 Å². The lowest BCUT2D eigenvalue weighted by molar-refractivity contribution is 0.0939. The molecule has 1 N–H and O–H groups in total. The van der Waals surface area contributed by atoms with Crippen LogP contribution in [0.1, 0.15) is 28.9 Å². The van der Waals surface area contributed by atoms with Crippen LogP contribution in [-0.2, 0) is 0 Å². The normalized spacial score (nSPS) is 12.0. The Hall–Kier alpha value is -0.650. The van der Waals surface area contributed by atoms with Gasteiger partial charge in [-0.05, 0) is 58.7 Å². The number of hydrogen-bond acceptors (Lipinski definition) is 1. The van der Waals surface area contributed by atoms with Crippen LogP contribution in [0.3, 0.4) is 0 Å². The van der Waals surface area contributed by atoms with E-state index in [2.05, 4.69) is 53.1 Å². The molecule has 0 radical (unpaired) electrons. The molecule has 0 fully saturated rings. The van der Waals surface area contributed by atoms with Crippen molar-refractivity contribution in [3.8, 4) is 0 Å². The standard InChI is InChI=1S/C15H12Br3NO/c1-9(10-2-4-11(16)5-3-10)19-15(20)13-7-6-12(17)8-14(13)18/h2-9H,1H3,(H,19,20)/t9-/m0/s1. The summed E-state index contributed by atoms with van der Waals surface area (Å²) >= 11 is 10.2. The minimum absolute atomic E-state index is 0.0499. The molecule has 2 aromatic rings. The van der Waals surface area contributed by atoms with E-state index in [0.29, 0.717) is 5.56 Å². The predicted molar refractivity (Wildman–Crippen MR) is 91.9 cm³/mol. The molecule has 104 valence electrons. The maximum Gasteiger partial charge on any atom is 0.252 e. The van der Waals surface area contributed by atoms with E-state index in [0.717, 1.165) is 19.0 Å². The van der Waals surface area contributed by atoms with Gasteiger partial charge in [-0.3, -0.25) is 4.79 Å². The molecule has 1 atom stereocenters. The Morgan fingerprint density at radius 3 is 2.20 bits per heavy atom. The van der Waals surface area contributed by atoms with Gasteiger partial charge >= 0.3 is 0 Å². The van der Waals surface area contributed by atoms with Gasteiger partial charge in [0.1, 0.15) is 0 Å². The predicted octanol–water partition coefficient (Wildman–Crippen LogP) is 5.47. The molecule has 0 heterocycles. The third-order valence-electron chi connectivity index (χ3n) is 2.89. The number of carbonyl (C=O) groups excluding carboxylic acids is 1. The summed E-state index contributed by atoms with van der Waals surface area (Å²) in [5, 5.41) is 2.99. The lowest BCUT2D eigenvalue weighted by atomic mass is 10.1. The fourth-order valence-electron chi connectivity index (χ4n) is 1.78. The zero-order valence-corrected chi connectivity index (χ0v) is 15.4. The van der Waals surface area contributed by atoms with Crippen molar-refractivity contribution < 1.29 is 4.79 Å². The van der Waals surface area contributed by atoms with Crippen LogP contribution >= 0.6 is 47.8 Å². The number of rotatable bonds is 3. The van der Waals surface area contributed by atoms with Gasteiger partial charge in [-0.1, -0.05) is 44.0 Å². The summed E-state index contributed by atoms with van der Waals surface area (Å²) in [7, 11) is 0. The van der Waals surface area contributed by atoms with Crippen molar-refractivity contribution in [3.63, 3.8) is 0 Å². The second-order valence-electron chi connectivity index (χ2n) is 4.37. The molecule has 2 rings (SSSR count). The van der Waals surface area contributed by atoms with Crippen LogP contribution in [0.4, 0.5) is 0 Å². The second kappa shape index (κ2) is 6.87. The second-order valence-corrected chi connectivity index (χ2v) is 7.06. The third-order valence-corrected chi connectivity index (χ3v) is 4.57. The fourth-order valence-corrected chi connectivity index (χ4v) is 3.27. The minimum atomic E-state index is -0.0974. The molecule has 0 unspecified atom stereocenters. The van der Waals surface area contributed by atoms with Crippen molar-refractivity contribution in [2.75, 3.05) is 0 Å². The summed E-state index contributed by atoms with van der Waals surface area (Å²) in [5.41, 5.74) is 1.69.